The van der Waals surface area contributed by atoms with Crippen LogP contribution in [-0.2, 0) is 0 Å². The molecule has 1 fully saturated rings. The van der Waals surface area contributed by atoms with Crippen LogP contribution >= 0.6 is 0 Å². The molecule has 1 heterocycles. The molecule has 0 spiro atoms. The van der Waals surface area contributed by atoms with Crippen LogP contribution in [0.5, 0.6) is 0 Å². The minimum Gasteiger partial charge on any atom is -0.361 e. The second-order valence-corrected chi connectivity index (χ2v) is 5.90. The van der Waals surface area contributed by atoms with E-state index in [9.17, 15) is 10.1 Å². The molecule has 0 radical (unpaired) electrons. The second kappa shape index (κ2) is 5.58. The quantitative estimate of drug-likeness (QED) is 0.438. The fourth-order valence-electron chi connectivity index (χ4n) is 2.50. The van der Waals surface area contributed by atoms with Crippen molar-refractivity contribution in [2.75, 3.05) is 10.7 Å². The standard InChI is InChI=1S/C12H20N6O2/c1-12(2)5-3-8(4-6-12)16-10-9(18(19)20)11(17-13)15-7-14-10/h7-8H,3-6,13H2,1-2H3,(H2,14,15,16,17). The summed E-state index contributed by atoms with van der Waals surface area (Å²) in [4.78, 5) is 18.4. The van der Waals surface area contributed by atoms with Gasteiger partial charge in [-0.05, 0) is 31.1 Å². The van der Waals surface area contributed by atoms with Gasteiger partial charge >= 0.3 is 5.69 Å². The lowest BCUT2D eigenvalue weighted by Crippen LogP contribution is -2.30. The molecular formula is C12H20N6O2. The molecule has 0 bridgehead atoms. The summed E-state index contributed by atoms with van der Waals surface area (Å²) >= 11 is 0. The van der Waals surface area contributed by atoms with Crippen molar-refractivity contribution in [3.8, 4) is 0 Å². The zero-order chi connectivity index (χ0) is 14.8. The van der Waals surface area contributed by atoms with Gasteiger partial charge in [0.25, 0.3) is 0 Å². The monoisotopic (exact) mass is 280 g/mol. The van der Waals surface area contributed by atoms with Crippen LogP contribution in [0.2, 0.25) is 0 Å². The molecule has 0 aromatic carbocycles. The maximum atomic E-state index is 11.1. The molecule has 8 nitrogen and oxygen atoms in total. The van der Waals surface area contributed by atoms with Gasteiger partial charge in [-0.1, -0.05) is 13.8 Å². The first kappa shape index (κ1) is 14.4. The molecule has 0 atom stereocenters. The average molecular weight is 280 g/mol. The van der Waals surface area contributed by atoms with Crippen molar-refractivity contribution in [1.82, 2.24) is 9.97 Å². The number of nitrogens with two attached hydrogens (primary N) is 1. The second-order valence-electron chi connectivity index (χ2n) is 5.90. The van der Waals surface area contributed by atoms with Gasteiger partial charge in [-0.3, -0.25) is 10.1 Å². The van der Waals surface area contributed by atoms with Crippen molar-refractivity contribution in [2.24, 2.45) is 11.3 Å². The van der Waals surface area contributed by atoms with Crippen LogP contribution in [0.3, 0.4) is 0 Å². The minimum atomic E-state index is -0.524. The van der Waals surface area contributed by atoms with Gasteiger partial charge in [-0.25, -0.2) is 15.8 Å². The van der Waals surface area contributed by atoms with E-state index >= 15 is 0 Å². The van der Waals surface area contributed by atoms with Crippen LogP contribution in [0, 0.1) is 15.5 Å². The third-order valence-corrected chi connectivity index (χ3v) is 3.82. The lowest BCUT2D eigenvalue weighted by Gasteiger charge is -2.34. The Morgan fingerprint density at radius 2 is 1.95 bits per heavy atom. The number of aromatic nitrogens is 2. The molecule has 1 aromatic rings. The van der Waals surface area contributed by atoms with E-state index in [1.54, 1.807) is 0 Å². The highest BCUT2D eigenvalue weighted by molar-refractivity contribution is 5.69. The lowest BCUT2D eigenvalue weighted by molar-refractivity contribution is -0.383. The van der Waals surface area contributed by atoms with E-state index in [0.29, 0.717) is 5.41 Å². The Morgan fingerprint density at radius 1 is 1.35 bits per heavy atom. The summed E-state index contributed by atoms with van der Waals surface area (Å²) in [5.41, 5.74) is 2.37. The number of hydrazine groups is 1. The largest absolute Gasteiger partial charge is 0.361 e. The number of hydrogen-bond acceptors (Lipinski definition) is 7. The number of nitrogens with zero attached hydrogens (tertiary/aromatic N) is 3. The van der Waals surface area contributed by atoms with Crippen molar-refractivity contribution in [2.45, 2.75) is 45.6 Å². The summed E-state index contributed by atoms with van der Waals surface area (Å²) in [7, 11) is 0. The zero-order valence-electron chi connectivity index (χ0n) is 11.7. The van der Waals surface area contributed by atoms with E-state index in [4.69, 9.17) is 5.84 Å². The van der Waals surface area contributed by atoms with Gasteiger partial charge in [0.05, 0.1) is 4.92 Å². The summed E-state index contributed by atoms with van der Waals surface area (Å²) in [5.74, 6) is 5.50. The van der Waals surface area contributed by atoms with Gasteiger partial charge in [-0.15, -0.1) is 0 Å². The molecule has 110 valence electrons. The zero-order valence-corrected chi connectivity index (χ0v) is 11.7. The van der Waals surface area contributed by atoms with Crippen molar-refractivity contribution in [1.29, 1.82) is 0 Å². The van der Waals surface area contributed by atoms with Gasteiger partial charge in [-0.2, -0.15) is 0 Å². The van der Waals surface area contributed by atoms with Crippen LogP contribution in [0.4, 0.5) is 17.3 Å². The van der Waals surface area contributed by atoms with Gasteiger partial charge in [0, 0.05) is 6.04 Å². The lowest BCUT2D eigenvalue weighted by atomic mass is 9.75. The smallest absolute Gasteiger partial charge is 0.354 e. The Morgan fingerprint density at radius 3 is 2.50 bits per heavy atom. The molecule has 8 heteroatoms. The molecule has 4 N–H and O–H groups in total. The van der Waals surface area contributed by atoms with Gasteiger partial charge < -0.3 is 10.7 Å². The molecule has 0 saturated heterocycles. The summed E-state index contributed by atoms with van der Waals surface area (Å²) < 4.78 is 0. The Balaban J connectivity index is 2.16. The number of nitrogens with one attached hydrogen (secondary N) is 2. The molecule has 0 amide bonds. The maximum Gasteiger partial charge on any atom is 0.354 e. The van der Waals surface area contributed by atoms with Crippen LogP contribution < -0.4 is 16.6 Å². The van der Waals surface area contributed by atoms with E-state index in [-0.39, 0.29) is 23.4 Å². The third-order valence-electron chi connectivity index (χ3n) is 3.82. The van der Waals surface area contributed by atoms with Crippen LogP contribution in [0.15, 0.2) is 6.33 Å². The number of rotatable bonds is 4. The molecule has 0 aliphatic heterocycles. The molecule has 1 saturated carbocycles. The SMILES string of the molecule is CC1(C)CCC(Nc2ncnc(NN)c2[N+](=O)[O-])CC1. The molecule has 1 aliphatic carbocycles. The van der Waals surface area contributed by atoms with Crippen LogP contribution in [0.25, 0.3) is 0 Å². The van der Waals surface area contributed by atoms with Gasteiger partial charge in [0.1, 0.15) is 6.33 Å². The normalized spacial score (nSPS) is 18.6. The first-order valence-corrected chi connectivity index (χ1v) is 6.65. The minimum absolute atomic E-state index is 0.0173. The average Bonchev–Trinajstić information content (AvgIpc) is 2.40. The predicted octanol–water partition coefficient (Wildman–Crippen LogP) is 2.05. The first-order valence-electron chi connectivity index (χ1n) is 6.65. The Hall–Kier alpha value is -1.96. The summed E-state index contributed by atoms with van der Waals surface area (Å²) in [6, 6.07) is 0.197. The summed E-state index contributed by atoms with van der Waals surface area (Å²) in [6.07, 6.45) is 5.38. The van der Waals surface area contributed by atoms with E-state index in [0.717, 1.165) is 25.7 Å². The highest BCUT2D eigenvalue weighted by Crippen LogP contribution is 2.37. The fraction of sp³-hybridized carbons (Fsp3) is 0.667. The van der Waals surface area contributed by atoms with Crippen LogP contribution in [-0.4, -0.2) is 20.9 Å². The van der Waals surface area contributed by atoms with Crippen molar-refractivity contribution in [3.63, 3.8) is 0 Å². The summed E-state index contributed by atoms with van der Waals surface area (Å²) in [5, 5.41) is 14.3. The van der Waals surface area contributed by atoms with Crippen LogP contribution in [0.1, 0.15) is 39.5 Å². The van der Waals surface area contributed by atoms with E-state index in [2.05, 4.69) is 34.6 Å². The highest BCUT2D eigenvalue weighted by atomic mass is 16.6. The molecule has 2 rings (SSSR count). The third kappa shape index (κ3) is 3.13. The maximum absolute atomic E-state index is 11.1. The molecule has 1 aromatic heterocycles. The van der Waals surface area contributed by atoms with Gasteiger partial charge in [0.15, 0.2) is 0 Å². The first-order chi connectivity index (χ1) is 9.43. The number of nitrogen functional groups attached to an aromatic ring is 1. The van der Waals surface area contributed by atoms with Crippen molar-refractivity contribution in [3.05, 3.63) is 16.4 Å². The Labute approximate surface area is 117 Å². The molecular weight excluding hydrogens is 260 g/mol. The van der Waals surface area contributed by atoms with Crippen molar-refractivity contribution >= 4 is 17.3 Å². The number of hydrogen-bond donors (Lipinski definition) is 3. The molecule has 0 unspecified atom stereocenters. The fourth-order valence-corrected chi connectivity index (χ4v) is 2.50. The highest BCUT2D eigenvalue weighted by Gasteiger charge is 2.29. The predicted molar refractivity (Wildman–Crippen MR) is 76.2 cm³/mol. The topological polar surface area (TPSA) is 119 Å². The Bertz CT molecular complexity index is 495. The van der Waals surface area contributed by atoms with E-state index in [1.807, 2.05) is 0 Å². The number of anilines is 2. The molecule has 20 heavy (non-hydrogen) atoms. The molecule has 1 aliphatic rings. The van der Waals surface area contributed by atoms with E-state index in [1.165, 1.54) is 6.33 Å². The summed E-state index contributed by atoms with van der Waals surface area (Å²) in [6.45, 7) is 4.49. The number of nitro groups is 1. The Kier molecular flexibility index (Phi) is 4.03. The van der Waals surface area contributed by atoms with Gasteiger partial charge in [0.2, 0.25) is 11.6 Å². The van der Waals surface area contributed by atoms with E-state index < -0.39 is 4.92 Å². The van der Waals surface area contributed by atoms with Crippen molar-refractivity contribution < 1.29 is 4.92 Å².